The van der Waals surface area contributed by atoms with Crippen LogP contribution in [0.1, 0.15) is 11.5 Å². The van der Waals surface area contributed by atoms with Crippen LogP contribution in [0.3, 0.4) is 0 Å². The molecule has 0 aromatic carbocycles. The minimum Gasteiger partial charge on any atom is -0.345 e. The summed E-state index contributed by atoms with van der Waals surface area (Å²) in [7, 11) is 0. The second-order valence-corrected chi connectivity index (χ2v) is 3.02. The molecule has 0 aliphatic rings. The number of rotatable bonds is 2. The first-order valence-electron chi connectivity index (χ1n) is 4.32. The van der Waals surface area contributed by atoms with Crippen molar-refractivity contribution in [3.8, 4) is 0 Å². The van der Waals surface area contributed by atoms with Crippen LogP contribution in [0.15, 0.2) is 23.3 Å². The molecule has 1 N–H and O–H groups in total. The van der Waals surface area contributed by atoms with Gasteiger partial charge in [0.15, 0.2) is 5.65 Å². The summed E-state index contributed by atoms with van der Waals surface area (Å²) in [6, 6.07) is 0. The highest BCUT2D eigenvalue weighted by atomic mass is 16.5. The normalized spacial score (nSPS) is 10.9. The van der Waals surface area contributed by atoms with E-state index in [0.29, 0.717) is 12.1 Å². The maximum Gasteiger partial charge on any atom is 0.180 e. The predicted molar refractivity (Wildman–Crippen MR) is 48.8 cm³/mol. The summed E-state index contributed by atoms with van der Waals surface area (Å²) in [6.07, 6.45) is 5.17. The Kier molecular flexibility index (Phi) is 1.67. The van der Waals surface area contributed by atoms with E-state index in [1.54, 1.807) is 6.20 Å². The maximum atomic E-state index is 4.63. The van der Waals surface area contributed by atoms with E-state index in [-0.39, 0.29) is 0 Å². The maximum absolute atomic E-state index is 4.63. The van der Waals surface area contributed by atoms with Gasteiger partial charge in [-0.15, -0.1) is 5.10 Å². The second kappa shape index (κ2) is 3.12. The lowest BCUT2D eigenvalue weighted by atomic mass is 10.3. The Hall–Kier alpha value is -2.31. The third kappa shape index (κ3) is 1.43. The molecule has 0 aliphatic heterocycles. The summed E-state index contributed by atoms with van der Waals surface area (Å²) in [5.74, 6) is 0.765. The molecule has 0 saturated carbocycles. The lowest BCUT2D eigenvalue weighted by molar-refractivity contribution is 0.392. The van der Waals surface area contributed by atoms with Crippen LogP contribution in [0, 0.1) is 0 Å². The number of imidazole rings is 1. The Bertz CT molecular complexity index is 539. The molecule has 0 amide bonds. The van der Waals surface area contributed by atoms with Crippen molar-refractivity contribution >= 4 is 11.2 Å². The molecule has 3 rings (SSSR count). The highest BCUT2D eigenvalue weighted by Gasteiger charge is 2.06. The average molecular weight is 202 g/mol. The van der Waals surface area contributed by atoms with Crippen molar-refractivity contribution < 1.29 is 4.52 Å². The molecule has 0 spiro atoms. The van der Waals surface area contributed by atoms with Crippen LogP contribution in [-0.2, 0) is 6.42 Å². The van der Waals surface area contributed by atoms with Gasteiger partial charge in [0.1, 0.15) is 29.6 Å². The van der Waals surface area contributed by atoms with Crippen molar-refractivity contribution in [2.45, 2.75) is 6.42 Å². The molecular weight excluding hydrogens is 196 g/mol. The Morgan fingerprint density at radius 3 is 3.20 bits per heavy atom. The van der Waals surface area contributed by atoms with Gasteiger partial charge in [-0.1, -0.05) is 0 Å². The van der Waals surface area contributed by atoms with Gasteiger partial charge in [0.25, 0.3) is 0 Å². The van der Waals surface area contributed by atoms with E-state index in [9.17, 15) is 0 Å². The van der Waals surface area contributed by atoms with Gasteiger partial charge in [-0.05, 0) is 0 Å². The number of fused-ring (bicyclic) bond motifs is 1. The first-order chi connectivity index (χ1) is 7.42. The molecule has 0 radical (unpaired) electrons. The zero-order chi connectivity index (χ0) is 10.1. The van der Waals surface area contributed by atoms with E-state index in [2.05, 4.69) is 34.8 Å². The Balaban J connectivity index is 1.98. The van der Waals surface area contributed by atoms with Crippen LogP contribution in [-0.4, -0.2) is 30.3 Å². The second-order valence-electron chi connectivity index (χ2n) is 3.02. The molecule has 0 atom stereocenters. The van der Waals surface area contributed by atoms with Crippen molar-refractivity contribution in [3.63, 3.8) is 0 Å². The highest BCUT2D eigenvalue weighted by Crippen LogP contribution is 2.08. The van der Waals surface area contributed by atoms with Crippen molar-refractivity contribution in [2.24, 2.45) is 0 Å². The third-order valence-electron chi connectivity index (χ3n) is 1.96. The lowest BCUT2D eigenvalue weighted by Gasteiger charge is -1.86. The van der Waals surface area contributed by atoms with Crippen LogP contribution < -0.4 is 0 Å². The van der Waals surface area contributed by atoms with E-state index in [4.69, 9.17) is 0 Å². The summed E-state index contributed by atoms with van der Waals surface area (Å²) < 4.78 is 4.63. The predicted octanol–water partition coefficient (Wildman–Crippen LogP) is 0.327. The molecule has 0 saturated heterocycles. The molecule has 3 heterocycles. The molecule has 15 heavy (non-hydrogen) atoms. The summed E-state index contributed by atoms with van der Waals surface area (Å²) >= 11 is 0. The van der Waals surface area contributed by atoms with Gasteiger partial charge in [-0.3, -0.25) is 0 Å². The monoisotopic (exact) mass is 202 g/mol. The highest BCUT2D eigenvalue weighted by molar-refractivity contribution is 5.68. The molecule has 0 bridgehead atoms. The fourth-order valence-corrected chi connectivity index (χ4v) is 1.33. The molecule has 0 fully saturated rings. The zero-order valence-electron chi connectivity index (χ0n) is 7.58. The topological polar surface area (TPSA) is 93.4 Å². The first kappa shape index (κ1) is 8.04. The largest absolute Gasteiger partial charge is 0.345 e. The van der Waals surface area contributed by atoms with E-state index in [1.807, 2.05) is 0 Å². The lowest BCUT2D eigenvalue weighted by Crippen LogP contribution is -1.90. The quantitative estimate of drug-likeness (QED) is 0.643. The minimum absolute atomic E-state index is 0.542. The molecular formula is C8H6N6O. The van der Waals surface area contributed by atoms with Gasteiger partial charge < -0.3 is 9.51 Å². The van der Waals surface area contributed by atoms with Crippen molar-refractivity contribution in [1.82, 2.24) is 30.3 Å². The Morgan fingerprint density at radius 1 is 1.40 bits per heavy atom. The molecule has 3 aromatic rings. The van der Waals surface area contributed by atoms with Crippen molar-refractivity contribution in [2.75, 3.05) is 0 Å². The number of hydrogen-bond donors (Lipinski definition) is 1. The molecule has 7 heteroatoms. The van der Waals surface area contributed by atoms with Crippen LogP contribution >= 0.6 is 0 Å². The number of H-pyrrole nitrogens is 1. The molecule has 0 aliphatic carbocycles. The number of hydrogen-bond acceptors (Lipinski definition) is 6. The van der Waals surface area contributed by atoms with Crippen LogP contribution in [0.2, 0.25) is 0 Å². The van der Waals surface area contributed by atoms with Crippen LogP contribution in [0.25, 0.3) is 11.2 Å². The fraction of sp³-hybridized carbons (Fsp3) is 0.125. The van der Waals surface area contributed by atoms with E-state index < -0.39 is 0 Å². The number of aromatic nitrogens is 6. The summed E-state index contributed by atoms with van der Waals surface area (Å²) in [5, 5.41) is 7.15. The summed E-state index contributed by atoms with van der Waals surface area (Å²) in [4.78, 5) is 15.3. The average Bonchev–Trinajstić information content (AvgIpc) is 2.86. The third-order valence-corrected chi connectivity index (χ3v) is 1.96. The van der Waals surface area contributed by atoms with E-state index >= 15 is 0 Å². The first-order valence-corrected chi connectivity index (χ1v) is 4.32. The molecule has 3 aromatic heterocycles. The van der Waals surface area contributed by atoms with Gasteiger partial charge in [-0.25, -0.2) is 15.0 Å². The number of nitrogens with zero attached hydrogens (tertiary/aromatic N) is 5. The zero-order valence-corrected chi connectivity index (χ0v) is 7.58. The van der Waals surface area contributed by atoms with E-state index in [0.717, 1.165) is 17.0 Å². The molecule has 0 unspecified atom stereocenters. The standard InChI is InChI=1S/C8H6N6O/c1(5-3-15-14-13-5)7-11-6-2-9-4-10-8(6)12-7/h2-4H,1H2,(H,9,10,11,12). The Morgan fingerprint density at radius 2 is 2.40 bits per heavy atom. The molecule has 7 nitrogen and oxygen atoms in total. The van der Waals surface area contributed by atoms with Crippen LogP contribution in [0.5, 0.6) is 0 Å². The number of nitrogens with one attached hydrogen (secondary N) is 1. The van der Waals surface area contributed by atoms with Gasteiger partial charge in [-0.2, -0.15) is 0 Å². The summed E-state index contributed by atoms with van der Waals surface area (Å²) in [5.41, 5.74) is 2.18. The van der Waals surface area contributed by atoms with Gasteiger partial charge >= 0.3 is 0 Å². The van der Waals surface area contributed by atoms with E-state index in [1.165, 1.54) is 12.6 Å². The SMILES string of the molecule is c1ncc2[nH]c(Cc3conn3)nc2n1. The molecule has 74 valence electrons. The Labute approximate surface area is 83.6 Å². The van der Waals surface area contributed by atoms with Gasteiger partial charge in [0.2, 0.25) is 0 Å². The van der Waals surface area contributed by atoms with Gasteiger partial charge in [0, 0.05) is 5.27 Å². The summed E-state index contributed by atoms with van der Waals surface area (Å²) in [6.45, 7) is 0. The minimum atomic E-state index is 0.542. The van der Waals surface area contributed by atoms with Crippen molar-refractivity contribution in [3.05, 3.63) is 30.3 Å². The van der Waals surface area contributed by atoms with Crippen LogP contribution in [0.4, 0.5) is 0 Å². The smallest absolute Gasteiger partial charge is 0.180 e. The van der Waals surface area contributed by atoms with Crippen molar-refractivity contribution in [1.29, 1.82) is 0 Å². The fourth-order valence-electron chi connectivity index (χ4n) is 1.33. The van der Waals surface area contributed by atoms with Gasteiger partial charge in [0.05, 0.1) is 12.6 Å². The number of aromatic amines is 1.